The second-order valence-electron chi connectivity index (χ2n) is 9.42. The quantitative estimate of drug-likeness (QED) is 0.264. The highest BCUT2D eigenvalue weighted by atomic mass is 16.5. The molecule has 38 heavy (non-hydrogen) atoms. The van der Waals surface area contributed by atoms with Gasteiger partial charge in [0.1, 0.15) is 11.4 Å². The highest BCUT2D eigenvalue weighted by Gasteiger charge is 2.22. The summed E-state index contributed by atoms with van der Waals surface area (Å²) in [5, 5.41) is 23.7. The minimum absolute atomic E-state index is 0.0711. The van der Waals surface area contributed by atoms with Crippen molar-refractivity contribution in [3.8, 4) is 11.5 Å². The molecular weight excluding hydrogens is 484 g/mol. The van der Waals surface area contributed by atoms with Crippen LogP contribution in [0.3, 0.4) is 0 Å². The summed E-state index contributed by atoms with van der Waals surface area (Å²) in [4.78, 5) is 28.0. The van der Waals surface area contributed by atoms with Crippen LogP contribution in [0.1, 0.15) is 46.2 Å². The van der Waals surface area contributed by atoms with Crippen molar-refractivity contribution in [1.82, 2.24) is 30.3 Å². The number of hydrogen-bond acceptors (Lipinski definition) is 10. The number of aliphatic hydroxyl groups excluding tert-OH is 1. The van der Waals surface area contributed by atoms with Gasteiger partial charge in [-0.2, -0.15) is 9.97 Å². The Kier molecular flexibility index (Phi) is 6.67. The topological polar surface area (TPSA) is 141 Å². The Labute approximate surface area is 219 Å². The van der Waals surface area contributed by atoms with E-state index >= 15 is 0 Å². The highest BCUT2D eigenvalue weighted by molar-refractivity contribution is 5.98. The molecule has 0 saturated carbocycles. The van der Waals surface area contributed by atoms with E-state index < -0.39 is 6.04 Å². The zero-order valence-electron chi connectivity index (χ0n) is 20.7. The molecule has 2 aromatic carbocycles. The molecule has 194 valence electrons. The van der Waals surface area contributed by atoms with Crippen LogP contribution in [-0.4, -0.2) is 55.7 Å². The van der Waals surface area contributed by atoms with Gasteiger partial charge in [0.2, 0.25) is 5.95 Å². The van der Waals surface area contributed by atoms with Crippen molar-refractivity contribution in [2.45, 2.75) is 32.0 Å². The number of nitrogens with one attached hydrogen (secondary N) is 3. The molecule has 4 aromatic rings. The van der Waals surface area contributed by atoms with Gasteiger partial charge in [-0.15, -0.1) is 0 Å². The number of hydrogen-bond donors (Lipinski definition) is 4. The van der Waals surface area contributed by atoms with E-state index in [4.69, 9.17) is 9.51 Å². The van der Waals surface area contributed by atoms with E-state index in [0.29, 0.717) is 47.7 Å². The average Bonchev–Trinajstić information content (AvgIpc) is 3.71. The summed E-state index contributed by atoms with van der Waals surface area (Å²) in [5.41, 5.74) is 3.78. The first-order chi connectivity index (χ1) is 18.7. The predicted molar refractivity (Wildman–Crippen MR) is 141 cm³/mol. The first-order valence-corrected chi connectivity index (χ1v) is 12.7. The van der Waals surface area contributed by atoms with Crippen LogP contribution in [0, 0.1) is 0 Å². The fourth-order valence-corrected chi connectivity index (χ4v) is 4.80. The van der Waals surface area contributed by atoms with Crippen molar-refractivity contribution in [3.63, 3.8) is 0 Å². The molecule has 2 aromatic heterocycles. The van der Waals surface area contributed by atoms with E-state index in [2.05, 4.69) is 36.0 Å². The monoisotopic (exact) mass is 512 g/mol. The molecule has 2 aliphatic rings. The average molecular weight is 513 g/mol. The number of fused-ring (bicyclic) bond motifs is 1. The van der Waals surface area contributed by atoms with Crippen molar-refractivity contribution in [1.29, 1.82) is 0 Å². The van der Waals surface area contributed by atoms with Crippen LogP contribution < -0.4 is 16.0 Å². The Bertz CT molecular complexity index is 1440. The van der Waals surface area contributed by atoms with Gasteiger partial charge in [0.05, 0.1) is 19.2 Å². The lowest BCUT2D eigenvalue weighted by atomic mass is 10.1. The zero-order valence-corrected chi connectivity index (χ0v) is 20.7. The Hall–Kier alpha value is -4.35. The number of likely N-dealkylation sites (tertiary alicyclic amines) is 1. The molecule has 1 fully saturated rings. The van der Waals surface area contributed by atoms with Gasteiger partial charge >= 0.3 is 0 Å². The van der Waals surface area contributed by atoms with Crippen LogP contribution in [0.15, 0.2) is 59.3 Å². The number of aliphatic hydroxyl groups is 1. The summed E-state index contributed by atoms with van der Waals surface area (Å²) >= 11 is 0. The van der Waals surface area contributed by atoms with E-state index in [9.17, 15) is 9.90 Å². The number of carbonyl (C=O) groups excluding carboxylic acids is 1. The van der Waals surface area contributed by atoms with Gasteiger partial charge in [-0.1, -0.05) is 35.5 Å². The molecule has 0 unspecified atom stereocenters. The number of aromatic nitrogens is 4. The SMILES string of the molecule is O=C1NCc2cc(Nc3ncc(-c4nc(CN5CCCC5)no4)c(N[C@H](CO)c4ccccc4)n3)ccc21. The maximum atomic E-state index is 11.9. The lowest BCUT2D eigenvalue weighted by Gasteiger charge is -2.19. The molecule has 4 heterocycles. The summed E-state index contributed by atoms with van der Waals surface area (Å²) in [5.74, 6) is 1.63. The number of anilines is 3. The van der Waals surface area contributed by atoms with Crippen LogP contribution in [0.25, 0.3) is 11.5 Å². The van der Waals surface area contributed by atoms with E-state index in [0.717, 1.165) is 29.9 Å². The van der Waals surface area contributed by atoms with Crippen molar-refractivity contribution in [2.24, 2.45) is 0 Å². The molecular formula is C27H28N8O3. The zero-order chi connectivity index (χ0) is 25.9. The second kappa shape index (κ2) is 10.6. The Balaban J connectivity index is 1.30. The number of carbonyl (C=O) groups is 1. The molecule has 0 aliphatic carbocycles. The molecule has 1 atom stereocenters. The van der Waals surface area contributed by atoms with Gasteiger partial charge in [0, 0.05) is 24.0 Å². The minimum atomic E-state index is -0.415. The standard InChI is InChI=1S/C27H28N8O3/c36-16-22(17-6-2-1-3-7-17)31-24-21(26-32-23(34-38-26)15-35-10-4-5-11-35)14-29-27(33-24)30-19-8-9-20-18(12-19)13-28-25(20)37/h1-3,6-9,12,14,22,36H,4-5,10-11,13,15-16H2,(H,28,37)(H2,29,30,31,33)/t22-/m1/s1. The van der Waals surface area contributed by atoms with Gasteiger partial charge in [-0.3, -0.25) is 9.69 Å². The van der Waals surface area contributed by atoms with E-state index in [1.165, 1.54) is 12.8 Å². The van der Waals surface area contributed by atoms with Crippen molar-refractivity contribution >= 4 is 23.4 Å². The smallest absolute Gasteiger partial charge is 0.263 e. The molecule has 1 saturated heterocycles. The summed E-state index contributed by atoms with van der Waals surface area (Å²) < 4.78 is 5.61. The fraction of sp³-hybridized carbons (Fsp3) is 0.296. The number of nitrogens with zero attached hydrogens (tertiary/aromatic N) is 5. The van der Waals surface area contributed by atoms with E-state index in [1.807, 2.05) is 42.5 Å². The van der Waals surface area contributed by atoms with Crippen molar-refractivity contribution < 1.29 is 14.4 Å². The Morgan fingerprint density at radius 1 is 1.08 bits per heavy atom. The van der Waals surface area contributed by atoms with Crippen LogP contribution in [-0.2, 0) is 13.1 Å². The first kappa shape index (κ1) is 24.0. The molecule has 0 bridgehead atoms. The summed E-state index contributed by atoms with van der Waals surface area (Å²) in [6.45, 7) is 3.03. The predicted octanol–water partition coefficient (Wildman–Crippen LogP) is 3.25. The number of benzene rings is 2. The van der Waals surface area contributed by atoms with Gasteiger partial charge in [0.15, 0.2) is 5.82 Å². The van der Waals surface area contributed by atoms with Crippen LogP contribution in [0.4, 0.5) is 17.5 Å². The largest absolute Gasteiger partial charge is 0.394 e. The molecule has 0 spiro atoms. The van der Waals surface area contributed by atoms with Crippen molar-refractivity contribution in [2.75, 3.05) is 30.3 Å². The lowest BCUT2D eigenvalue weighted by Crippen LogP contribution is -2.19. The molecule has 1 amide bonds. The lowest BCUT2D eigenvalue weighted by molar-refractivity contribution is 0.0965. The van der Waals surface area contributed by atoms with E-state index in [1.54, 1.807) is 12.3 Å². The summed E-state index contributed by atoms with van der Waals surface area (Å²) in [6, 6.07) is 14.7. The van der Waals surface area contributed by atoms with Crippen molar-refractivity contribution in [3.05, 3.63) is 77.2 Å². The second-order valence-corrected chi connectivity index (χ2v) is 9.42. The van der Waals surface area contributed by atoms with Gasteiger partial charge < -0.3 is 25.6 Å². The third kappa shape index (κ3) is 5.06. The molecule has 11 heteroatoms. The first-order valence-electron chi connectivity index (χ1n) is 12.7. The highest BCUT2D eigenvalue weighted by Crippen LogP contribution is 2.30. The summed E-state index contributed by atoms with van der Waals surface area (Å²) in [6.07, 6.45) is 3.99. The molecule has 4 N–H and O–H groups in total. The maximum Gasteiger partial charge on any atom is 0.263 e. The van der Waals surface area contributed by atoms with Gasteiger partial charge in [-0.25, -0.2) is 4.98 Å². The Morgan fingerprint density at radius 3 is 2.74 bits per heavy atom. The Morgan fingerprint density at radius 2 is 1.92 bits per heavy atom. The third-order valence-electron chi connectivity index (χ3n) is 6.79. The maximum absolute atomic E-state index is 11.9. The van der Waals surface area contributed by atoms with Gasteiger partial charge in [-0.05, 0) is 55.3 Å². The van der Waals surface area contributed by atoms with Crippen LogP contribution >= 0.6 is 0 Å². The summed E-state index contributed by atoms with van der Waals surface area (Å²) in [7, 11) is 0. The number of amides is 1. The number of rotatable bonds is 9. The fourth-order valence-electron chi connectivity index (χ4n) is 4.80. The third-order valence-corrected chi connectivity index (χ3v) is 6.79. The minimum Gasteiger partial charge on any atom is -0.394 e. The molecule has 0 radical (unpaired) electrons. The molecule has 2 aliphatic heterocycles. The van der Waals surface area contributed by atoms with Crippen LogP contribution in [0.5, 0.6) is 0 Å². The van der Waals surface area contributed by atoms with Crippen LogP contribution in [0.2, 0.25) is 0 Å². The molecule has 11 nitrogen and oxygen atoms in total. The normalized spacial score (nSPS) is 15.8. The van der Waals surface area contributed by atoms with E-state index in [-0.39, 0.29) is 12.5 Å². The van der Waals surface area contributed by atoms with Gasteiger partial charge in [0.25, 0.3) is 11.8 Å². The molecule has 6 rings (SSSR count).